The molecular weight excluding hydrogens is 306 g/mol. The normalized spacial score (nSPS) is 14.2. The summed E-state index contributed by atoms with van der Waals surface area (Å²) >= 11 is 5.40. The van der Waals surface area contributed by atoms with Crippen LogP contribution in [-0.4, -0.2) is 12.1 Å². The third-order valence-electron chi connectivity index (χ3n) is 2.84. The molecule has 0 aliphatic heterocycles. The number of rotatable bonds is 6. The van der Waals surface area contributed by atoms with E-state index < -0.39 is 0 Å². The molecule has 0 aliphatic carbocycles. The van der Waals surface area contributed by atoms with E-state index in [0.29, 0.717) is 0 Å². The van der Waals surface area contributed by atoms with E-state index in [1.54, 1.807) is 0 Å². The summed E-state index contributed by atoms with van der Waals surface area (Å²) in [6.07, 6.45) is 2.48. The molecule has 0 radical (unpaired) electrons. The Labute approximate surface area is 125 Å². The zero-order valence-electron chi connectivity index (χ0n) is 12.2. The second-order valence-electron chi connectivity index (χ2n) is 6.56. The molecule has 0 saturated carbocycles. The Bertz CT molecular complexity index is 352. The zero-order chi connectivity index (χ0) is 13.8. The minimum absolute atomic E-state index is 0.214. The monoisotopic (exact) mass is 331 g/mol. The summed E-state index contributed by atoms with van der Waals surface area (Å²) in [5, 5.41) is 5.83. The van der Waals surface area contributed by atoms with Crippen molar-refractivity contribution in [3.63, 3.8) is 0 Å². The van der Waals surface area contributed by atoms with Gasteiger partial charge in [0.05, 0.1) is 0 Å². The largest absolute Gasteiger partial charge is 0.312 e. The van der Waals surface area contributed by atoms with E-state index in [1.807, 2.05) is 11.3 Å². The average molecular weight is 332 g/mol. The van der Waals surface area contributed by atoms with E-state index in [4.69, 9.17) is 0 Å². The highest BCUT2D eigenvalue weighted by atomic mass is 79.9. The van der Waals surface area contributed by atoms with Crippen LogP contribution in [0.15, 0.2) is 15.9 Å². The first-order valence-electron chi connectivity index (χ1n) is 6.74. The van der Waals surface area contributed by atoms with Gasteiger partial charge in [0, 0.05) is 20.3 Å². The van der Waals surface area contributed by atoms with Gasteiger partial charge in [-0.25, -0.2) is 0 Å². The minimum atomic E-state index is 0.214. The molecule has 0 spiro atoms. The molecule has 1 atom stereocenters. The summed E-state index contributed by atoms with van der Waals surface area (Å²) in [6.45, 7) is 12.4. The fraction of sp³-hybridized carbons (Fsp3) is 0.733. The van der Waals surface area contributed by atoms with Crippen LogP contribution in [0.1, 0.15) is 45.9 Å². The van der Waals surface area contributed by atoms with Crippen molar-refractivity contribution < 1.29 is 0 Å². The first-order valence-corrected chi connectivity index (χ1v) is 8.41. The number of hydrogen-bond acceptors (Lipinski definition) is 2. The quantitative estimate of drug-likeness (QED) is 0.764. The van der Waals surface area contributed by atoms with Crippen LogP contribution in [0.2, 0.25) is 0 Å². The Balaban J connectivity index is 2.55. The van der Waals surface area contributed by atoms with Crippen molar-refractivity contribution in [3.05, 3.63) is 20.8 Å². The lowest BCUT2D eigenvalue weighted by Gasteiger charge is -2.26. The van der Waals surface area contributed by atoms with Crippen LogP contribution in [0.25, 0.3) is 0 Å². The standard InChI is InChI=1S/C15H26BrNS/c1-11(2)6-12(9-17-15(3,4)5)7-14-8-13(16)10-18-14/h8,10-12,17H,6-7,9H2,1-5H3. The smallest absolute Gasteiger partial charge is 0.0285 e. The fourth-order valence-electron chi connectivity index (χ4n) is 2.10. The van der Waals surface area contributed by atoms with Crippen molar-refractivity contribution in [2.45, 2.75) is 53.0 Å². The Morgan fingerprint density at radius 2 is 2.00 bits per heavy atom. The summed E-state index contributed by atoms with van der Waals surface area (Å²) in [5.74, 6) is 1.50. The van der Waals surface area contributed by atoms with Gasteiger partial charge >= 0.3 is 0 Å². The second kappa shape index (κ2) is 7.06. The SMILES string of the molecule is CC(C)CC(CNC(C)(C)C)Cc1cc(Br)cs1. The lowest BCUT2D eigenvalue weighted by Crippen LogP contribution is -2.39. The van der Waals surface area contributed by atoms with Gasteiger partial charge in [-0.3, -0.25) is 0 Å². The minimum Gasteiger partial charge on any atom is -0.312 e. The molecule has 1 heterocycles. The summed E-state index contributed by atoms with van der Waals surface area (Å²) in [4.78, 5) is 1.49. The first kappa shape index (κ1) is 16.2. The van der Waals surface area contributed by atoms with Crippen LogP contribution in [0.4, 0.5) is 0 Å². The Kier molecular flexibility index (Phi) is 6.36. The van der Waals surface area contributed by atoms with E-state index in [2.05, 4.69) is 67.3 Å². The van der Waals surface area contributed by atoms with Crippen molar-refractivity contribution in [1.82, 2.24) is 5.32 Å². The summed E-state index contributed by atoms with van der Waals surface area (Å²) < 4.78 is 1.22. The summed E-state index contributed by atoms with van der Waals surface area (Å²) in [5.41, 5.74) is 0.214. The zero-order valence-corrected chi connectivity index (χ0v) is 14.6. The number of thiophene rings is 1. The highest BCUT2D eigenvalue weighted by Gasteiger charge is 2.16. The molecule has 1 aromatic heterocycles. The molecule has 1 unspecified atom stereocenters. The summed E-state index contributed by atoms with van der Waals surface area (Å²) in [7, 11) is 0. The maximum atomic E-state index is 3.65. The molecule has 0 aromatic carbocycles. The van der Waals surface area contributed by atoms with Crippen molar-refractivity contribution in [3.8, 4) is 0 Å². The summed E-state index contributed by atoms with van der Waals surface area (Å²) in [6, 6.07) is 2.26. The van der Waals surface area contributed by atoms with Gasteiger partial charge in [-0.15, -0.1) is 11.3 Å². The molecule has 0 amide bonds. The van der Waals surface area contributed by atoms with E-state index in [1.165, 1.54) is 22.2 Å². The first-order chi connectivity index (χ1) is 8.26. The van der Waals surface area contributed by atoms with E-state index in [9.17, 15) is 0 Å². The Morgan fingerprint density at radius 3 is 2.44 bits per heavy atom. The predicted octanol–water partition coefficient (Wildman–Crippen LogP) is 5.10. The van der Waals surface area contributed by atoms with Crippen molar-refractivity contribution >= 4 is 27.3 Å². The number of nitrogens with one attached hydrogen (secondary N) is 1. The van der Waals surface area contributed by atoms with Gasteiger partial charge in [0.1, 0.15) is 0 Å². The van der Waals surface area contributed by atoms with Gasteiger partial charge in [0.25, 0.3) is 0 Å². The van der Waals surface area contributed by atoms with Crippen LogP contribution >= 0.6 is 27.3 Å². The molecule has 3 heteroatoms. The van der Waals surface area contributed by atoms with Crippen molar-refractivity contribution in [2.75, 3.05) is 6.54 Å². The van der Waals surface area contributed by atoms with E-state index >= 15 is 0 Å². The molecule has 0 bridgehead atoms. The molecule has 0 saturated heterocycles. The molecule has 0 fully saturated rings. The molecule has 1 aromatic rings. The van der Waals surface area contributed by atoms with Crippen LogP contribution in [0.5, 0.6) is 0 Å². The molecule has 1 nitrogen and oxygen atoms in total. The molecule has 18 heavy (non-hydrogen) atoms. The molecule has 0 aliphatic rings. The third-order valence-corrected chi connectivity index (χ3v) is 4.56. The maximum Gasteiger partial charge on any atom is 0.0285 e. The van der Waals surface area contributed by atoms with Crippen LogP contribution < -0.4 is 5.32 Å². The number of halogens is 1. The average Bonchev–Trinajstić information content (AvgIpc) is 2.58. The highest BCUT2D eigenvalue weighted by molar-refractivity contribution is 9.10. The van der Waals surface area contributed by atoms with Crippen molar-refractivity contribution in [2.24, 2.45) is 11.8 Å². The third kappa shape index (κ3) is 6.91. The lowest BCUT2D eigenvalue weighted by atomic mass is 9.92. The second-order valence-corrected chi connectivity index (χ2v) is 8.47. The van der Waals surface area contributed by atoms with Crippen LogP contribution in [-0.2, 0) is 6.42 Å². The maximum absolute atomic E-state index is 3.65. The fourth-order valence-corrected chi connectivity index (χ4v) is 3.67. The molecule has 1 rings (SSSR count). The van der Waals surface area contributed by atoms with Gasteiger partial charge in [0.2, 0.25) is 0 Å². The Hall–Kier alpha value is 0.140. The van der Waals surface area contributed by atoms with E-state index in [-0.39, 0.29) is 5.54 Å². The van der Waals surface area contributed by atoms with Gasteiger partial charge in [0.15, 0.2) is 0 Å². The molecule has 104 valence electrons. The van der Waals surface area contributed by atoms with Gasteiger partial charge in [-0.05, 0) is 74.0 Å². The highest BCUT2D eigenvalue weighted by Crippen LogP contribution is 2.25. The van der Waals surface area contributed by atoms with Crippen LogP contribution in [0.3, 0.4) is 0 Å². The van der Waals surface area contributed by atoms with Crippen LogP contribution in [0, 0.1) is 11.8 Å². The van der Waals surface area contributed by atoms with Gasteiger partial charge in [-0.1, -0.05) is 13.8 Å². The molecule has 1 N–H and O–H groups in total. The van der Waals surface area contributed by atoms with Crippen molar-refractivity contribution in [1.29, 1.82) is 0 Å². The van der Waals surface area contributed by atoms with Gasteiger partial charge in [-0.2, -0.15) is 0 Å². The number of hydrogen-bond donors (Lipinski definition) is 1. The Morgan fingerprint density at radius 1 is 1.33 bits per heavy atom. The van der Waals surface area contributed by atoms with Gasteiger partial charge < -0.3 is 5.32 Å². The lowest BCUT2D eigenvalue weighted by molar-refractivity contribution is 0.332. The van der Waals surface area contributed by atoms with E-state index in [0.717, 1.165) is 18.4 Å². The predicted molar refractivity (Wildman–Crippen MR) is 86.4 cm³/mol. The molecular formula is C15H26BrNS. The topological polar surface area (TPSA) is 12.0 Å².